The standard InChI is InChI=1S/C20H21N5O5/c1-21-18-15-19(25(11-22-15)20-17(28)16(27)13(10-26)30-20)24-14(23-18)8-5-9-29-12-6-3-2-4-7-12/h2-4,6-7,11,13,16-17,20,26-28H,9-10H2,1H3,(H,21,23,24)/t13-,16-,17-,20-/m1/s1. The van der Waals surface area contributed by atoms with E-state index < -0.39 is 31.1 Å². The van der Waals surface area contributed by atoms with Crippen LogP contribution in [0.1, 0.15) is 12.1 Å². The predicted molar refractivity (Wildman–Crippen MR) is 107 cm³/mol. The number of benzene rings is 1. The summed E-state index contributed by atoms with van der Waals surface area (Å²) in [5, 5.41) is 32.6. The largest absolute Gasteiger partial charge is 0.481 e. The third kappa shape index (κ3) is 3.79. The zero-order valence-corrected chi connectivity index (χ0v) is 16.1. The molecule has 0 bridgehead atoms. The van der Waals surface area contributed by atoms with Gasteiger partial charge in [-0.2, -0.15) is 0 Å². The van der Waals surface area contributed by atoms with Crippen molar-refractivity contribution in [3.63, 3.8) is 0 Å². The Morgan fingerprint density at radius 3 is 2.70 bits per heavy atom. The van der Waals surface area contributed by atoms with Crippen molar-refractivity contribution < 1.29 is 24.8 Å². The number of aliphatic hydroxyl groups is 3. The molecule has 0 aliphatic carbocycles. The number of imidazole rings is 1. The summed E-state index contributed by atoms with van der Waals surface area (Å²) in [7, 11) is 1.70. The van der Waals surface area contributed by atoms with Crippen LogP contribution in [0.4, 0.5) is 5.82 Å². The van der Waals surface area contributed by atoms with E-state index in [-0.39, 0.29) is 12.4 Å². The molecule has 1 fully saturated rings. The highest BCUT2D eigenvalue weighted by atomic mass is 16.6. The summed E-state index contributed by atoms with van der Waals surface area (Å²) in [6, 6.07) is 9.32. The number of nitrogens with zero attached hydrogens (tertiary/aromatic N) is 4. The summed E-state index contributed by atoms with van der Waals surface area (Å²) in [5.41, 5.74) is 0.832. The molecule has 1 aliphatic rings. The van der Waals surface area contributed by atoms with Gasteiger partial charge >= 0.3 is 0 Å². The minimum atomic E-state index is -1.25. The fourth-order valence-electron chi connectivity index (χ4n) is 3.19. The van der Waals surface area contributed by atoms with Gasteiger partial charge in [0.2, 0.25) is 5.82 Å². The first-order chi connectivity index (χ1) is 14.6. The summed E-state index contributed by atoms with van der Waals surface area (Å²) in [5.74, 6) is 7.13. The molecule has 1 saturated heterocycles. The van der Waals surface area contributed by atoms with Crippen molar-refractivity contribution in [2.75, 3.05) is 25.6 Å². The third-order valence-electron chi connectivity index (χ3n) is 4.70. The van der Waals surface area contributed by atoms with E-state index in [0.717, 1.165) is 0 Å². The van der Waals surface area contributed by atoms with Crippen LogP contribution in [-0.2, 0) is 4.74 Å². The van der Waals surface area contributed by atoms with Crippen molar-refractivity contribution in [3.05, 3.63) is 42.5 Å². The molecule has 4 N–H and O–H groups in total. The van der Waals surface area contributed by atoms with Crippen molar-refractivity contribution in [1.29, 1.82) is 0 Å². The quantitative estimate of drug-likeness (QED) is 0.425. The van der Waals surface area contributed by atoms with E-state index in [1.807, 2.05) is 30.3 Å². The number of nitrogens with one attached hydrogen (secondary N) is 1. The maximum atomic E-state index is 10.3. The molecular weight excluding hydrogens is 390 g/mol. The van der Waals surface area contributed by atoms with E-state index >= 15 is 0 Å². The van der Waals surface area contributed by atoms with Gasteiger partial charge in [-0.1, -0.05) is 24.1 Å². The van der Waals surface area contributed by atoms with Gasteiger partial charge in [-0.3, -0.25) is 4.57 Å². The highest BCUT2D eigenvalue weighted by molar-refractivity contribution is 5.83. The van der Waals surface area contributed by atoms with E-state index in [1.165, 1.54) is 10.9 Å². The second kappa shape index (κ2) is 8.64. The average molecular weight is 411 g/mol. The van der Waals surface area contributed by atoms with Crippen LogP contribution in [0.15, 0.2) is 36.7 Å². The molecule has 0 saturated carbocycles. The van der Waals surface area contributed by atoms with Crippen molar-refractivity contribution in [1.82, 2.24) is 19.5 Å². The summed E-state index contributed by atoms with van der Waals surface area (Å²) in [6.07, 6.45) is -2.89. The average Bonchev–Trinajstić information content (AvgIpc) is 3.32. The van der Waals surface area contributed by atoms with Gasteiger partial charge in [0.25, 0.3) is 0 Å². The Labute approximate surface area is 172 Å². The van der Waals surface area contributed by atoms with Gasteiger partial charge < -0.3 is 30.1 Å². The van der Waals surface area contributed by atoms with Crippen LogP contribution in [-0.4, -0.2) is 73.4 Å². The molecule has 10 heteroatoms. The minimum absolute atomic E-state index is 0.161. The highest BCUT2D eigenvalue weighted by Crippen LogP contribution is 2.32. The zero-order chi connectivity index (χ0) is 21.1. The van der Waals surface area contributed by atoms with Gasteiger partial charge in [0.15, 0.2) is 23.2 Å². The molecule has 4 atom stereocenters. The Hall–Kier alpha value is -3.23. The molecule has 10 nitrogen and oxygen atoms in total. The fraction of sp³-hybridized carbons (Fsp3) is 0.350. The lowest BCUT2D eigenvalue weighted by Gasteiger charge is -2.16. The number of ether oxygens (including phenoxy) is 2. The van der Waals surface area contributed by atoms with Crippen LogP contribution in [0.2, 0.25) is 0 Å². The number of fused-ring (bicyclic) bond motifs is 1. The number of anilines is 1. The highest BCUT2D eigenvalue weighted by Gasteiger charge is 2.44. The van der Waals surface area contributed by atoms with Gasteiger partial charge in [0, 0.05) is 7.05 Å². The van der Waals surface area contributed by atoms with Crippen LogP contribution in [0, 0.1) is 11.8 Å². The molecule has 3 heterocycles. The number of hydrogen-bond donors (Lipinski definition) is 4. The van der Waals surface area contributed by atoms with Gasteiger partial charge in [-0.05, 0) is 18.1 Å². The first kappa shape index (κ1) is 20.1. The van der Waals surface area contributed by atoms with Gasteiger partial charge in [-0.25, -0.2) is 15.0 Å². The van der Waals surface area contributed by atoms with Crippen LogP contribution in [0.3, 0.4) is 0 Å². The van der Waals surface area contributed by atoms with Crippen molar-refractivity contribution in [3.8, 4) is 17.6 Å². The lowest BCUT2D eigenvalue weighted by atomic mass is 10.1. The molecule has 1 aromatic carbocycles. The molecular formula is C20H21N5O5. The molecule has 0 radical (unpaired) electrons. The summed E-state index contributed by atoms with van der Waals surface area (Å²) >= 11 is 0. The molecule has 0 unspecified atom stereocenters. The van der Waals surface area contributed by atoms with Crippen LogP contribution in [0.5, 0.6) is 5.75 Å². The monoisotopic (exact) mass is 411 g/mol. The van der Waals surface area contributed by atoms with E-state index in [4.69, 9.17) is 9.47 Å². The van der Waals surface area contributed by atoms with E-state index in [1.54, 1.807) is 7.05 Å². The minimum Gasteiger partial charge on any atom is -0.481 e. The number of hydrogen-bond acceptors (Lipinski definition) is 9. The SMILES string of the molecule is CNc1nc(C#CCOc2ccccc2)nc2c1ncn2[C@@H]1O[C@H](CO)[C@@H](O)[C@H]1O. The predicted octanol–water partition coefficient (Wildman–Crippen LogP) is -0.0900. The van der Waals surface area contributed by atoms with Crippen LogP contribution in [0.25, 0.3) is 11.2 Å². The number of aliphatic hydroxyl groups excluding tert-OH is 3. The maximum absolute atomic E-state index is 10.3. The Kier molecular flexibility index (Phi) is 5.78. The Balaban J connectivity index is 1.62. The molecule has 156 valence electrons. The van der Waals surface area contributed by atoms with Crippen molar-refractivity contribution >= 4 is 17.0 Å². The summed E-state index contributed by atoms with van der Waals surface area (Å²) in [6.45, 7) is -0.259. The van der Waals surface area contributed by atoms with E-state index in [9.17, 15) is 15.3 Å². The Morgan fingerprint density at radius 1 is 1.20 bits per heavy atom. The number of rotatable bonds is 5. The normalized spacial score (nSPS) is 23.2. The second-order valence-corrected chi connectivity index (χ2v) is 6.60. The Bertz CT molecular complexity index is 1080. The molecule has 4 rings (SSSR count). The van der Waals surface area contributed by atoms with Gasteiger partial charge in [0.05, 0.1) is 12.9 Å². The third-order valence-corrected chi connectivity index (χ3v) is 4.70. The lowest BCUT2D eigenvalue weighted by Crippen LogP contribution is -2.33. The molecule has 2 aromatic heterocycles. The van der Waals surface area contributed by atoms with E-state index in [0.29, 0.717) is 22.7 Å². The van der Waals surface area contributed by atoms with Gasteiger partial charge in [-0.15, -0.1) is 0 Å². The lowest BCUT2D eigenvalue weighted by molar-refractivity contribution is -0.0511. The number of aromatic nitrogens is 4. The molecule has 0 amide bonds. The van der Waals surface area contributed by atoms with Crippen molar-refractivity contribution in [2.24, 2.45) is 0 Å². The first-order valence-electron chi connectivity index (χ1n) is 9.34. The van der Waals surface area contributed by atoms with Crippen LogP contribution < -0.4 is 10.1 Å². The first-order valence-corrected chi connectivity index (χ1v) is 9.34. The maximum Gasteiger partial charge on any atom is 0.209 e. The number of para-hydroxylation sites is 1. The molecule has 3 aromatic rings. The molecule has 1 aliphatic heterocycles. The smallest absolute Gasteiger partial charge is 0.209 e. The molecule has 30 heavy (non-hydrogen) atoms. The van der Waals surface area contributed by atoms with E-state index in [2.05, 4.69) is 32.1 Å². The fourth-order valence-corrected chi connectivity index (χ4v) is 3.19. The second-order valence-electron chi connectivity index (χ2n) is 6.60. The summed E-state index contributed by atoms with van der Waals surface area (Å²) in [4.78, 5) is 13.1. The Morgan fingerprint density at radius 2 is 2.00 bits per heavy atom. The van der Waals surface area contributed by atoms with Crippen LogP contribution >= 0.6 is 0 Å². The topological polar surface area (TPSA) is 135 Å². The van der Waals surface area contributed by atoms with Gasteiger partial charge in [0.1, 0.15) is 30.7 Å². The summed E-state index contributed by atoms with van der Waals surface area (Å²) < 4.78 is 12.6. The zero-order valence-electron chi connectivity index (χ0n) is 16.1. The van der Waals surface area contributed by atoms with Crippen molar-refractivity contribution in [2.45, 2.75) is 24.5 Å². The molecule has 0 spiro atoms.